The fourth-order valence-electron chi connectivity index (χ4n) is 1.72. The van der Waals surface area contributed by atoms with Gasteiger partial charge in [0, 0.05) is 18.5 Å². The lowest BCUT2D eigenvalue weighted by Crippen LogP contribution is -2.02. The largest absolute Gasteiger partial charge is 0.495 e. The number of anilines is 1. The molecular formula is C13H12Cl2N4O2. The maximum absolute atomic E-state index is 7.19. The minimum absolute atomic E-state index is 0.156. The minimum atomic E-state index is 0.156. The summed E-state index contributed by atoms with van der Waals surface area (Å²) in [6, 6.07) is 1.57. The maximum atomic E-state index is 7.19. The molecule has 0 saturated heterocycles. The van der Waals surface area contributed by atoms with E-state index in [1.807, 2.05) is 0 Å². The molecular weight excluding hydrogens is 315 g/mol. The van der Waals surface area contributed by atoms with E-state index in [-0.39, 0.29) is 21.7 Å². The van der Waals surface area contributed by atoms with E-state index < -0.39 is 0 Å². The Labute approximate surface area is 131 Å². The van der Waals surface area contributed by atoms with Gasteiger partial charge in [-0.3, -0.25) is 0 Å². The first kappa shape index (κ1) is 15.3. The van der Waals surface area contributed by atoms with Gasteiger partial charge in [0.2, 0.25) is 0 Å². The molecule has 8 heteroatoms. The van der Waals surface area contributed by atoms with Crippen molar-refractivity contribution in [3.05, 3.63) is 27.9 Å². The Kier molecular flexibility index (Phi) is 4.50. The van der Waals surface area contributed by atoms with Crippen molar-refractivity contribution in [2.75, 3.05) is 20.0 Å². The zero-order chi connectivity index (χ0) is 15.6. The minimum Gasteiger partial charge on any atom is -0.495 e. The second kappa shape index (κ2) is 6.15. The van der Waals surface area contributed by atoms with Crippen molar-refractivity contribution < 1.29 is 9.47 Å². The van der Waals surface area contributed by atoms with E-state index in [4.69, 9.17) is 43.8 Å². The van der Waals surface area contributed by atoms with E-state index in [1.54, 1.807) is 6.07 Å². The highest BCUT2D eigenvalue weighted by atomic mass is 35.5. The van der Waals surface area contributed by atoms with Gasteiger partial charge in [0.15, 0.2) is 5.82 Å². The molecule has 0 unspecified atom stereocenters. The number of nitrogens with two attached hydrogens (primary N) is 1. The van der Waals surface area contributed by atoms with Gasteiger partial charge >= 0.3 is 0 Å². The van der Waals surface area contributed by atoms with Gasteiger partial charge in [-0.15, -0.1) is 0 Å². The molecule has 0 atom stereocenters. The molecule has 0 amide bonds. The summed E-state index contributed by atoms with van der Waals surface area (Å²) in [6.45, 7) is 0. The molecule has 1 aromatic heterocycles. The summed E-state index contributed by atoms with van der Waals surface area (Å²) < 4.78 is 10.4. The van der Waals surface area contributed by atoms with E-state index in [0.717, 1.165) is 6.21 Å². The third-order valence-corrected chi connectivity index (χ3v) is 3.55. The van der Waals surface area contributed by atoms with Crippen molar-refractivity contribution in [3.63, 3.8) is 0 Å². The van der Waals surface area contributed by atoms with Crippen LogP contribution in [0.2, 0.25) is 10.0 Å². The lowest BCUT2D eigenvalue weighted by atomic mass is 10.1. The van der Waals surface area contributed by atoms with Crippen molar-refractivity contribution in [1.82, 2.24) is 9.97 Å². The topological polar surface area (TPSA) is 94.1 Å². The number of nitrogen functional groups attached to an aromatic ring is 1. The summed E-state index contributed by atoms with van der Waals surface area (Å²) in [5, 5.41) is 7.70. The Morgan fingerprint density at radius 1 is 1.19 bits per heavy atom. The number of ether oxygens (including phenoxy) is 2. The van der Waals surface area contributed by atoms with Gasteiger partial charge in [0.25, 0.3) is 0 Å². The zero-order valence-electron chi connectivity index (χ0n) is 11.3. The second-order valence-corrected chi connectivity index (χ2v) is 4.72. The molecule has 21 heavy (non-hydrogen) atoms. The van der Waals surface area contributed by atoms with Gasteiger partial charge in [-0.25, -0.2) is 9.97 Å². The number of benzene rings is 1. The molecule has 0 bridgehead atoms. The lowest BCUT2D eigenvalue weighted by molar-refractivity contribution is 0.395. The Hall–Kier alpha value is -2.05. The molecule has 0 saturated carbocycles. The number of aromatic nitrogens is 2. The molecule has 0 aliphatic heterocycles. The molecule has 1 aromatic carbocycles. The molecule has 2 aromatic rings. The smallest absolute Gasteiger partial charge is 0.164 e. The van der Waals surface area contributed by atoms with Crippen LogP contribution in [0.1, 0.15) is 5.56 Å². The van der Waals surface area contributed by atoms with Crippen LogP contribution >= 0.6 is 23.2 Å². The highest BCUT2D eigenvalue weighted by Crippen LogP contribution is 2.44. The van der Waals surface area contributed by atoms with Crippen molar-refractivity contribution in [1.29, 1.82) is 5.41 Å². The van der Waals surface area contributed by atoms with E-state index in [9.17, 15) is 0 Å². The third-order valence-electron chi connectivity index (χ3n) is 2.80. The summed E-state index contributed by atoms with van der Waals surface area (Å²) in [6.07, 6.45) is 2.48. The standard InChI is InChI=1S/C13H12Cl2N4O2/c1-20-7-3-8(21-2)11(15)9(10(7)14)13-18-5-6(4-16)12(17)19-13/h3-5,16H,1-2H3,(H2,17,18,19). The highest BCUT2D eigenvalue weighted by Gasteiger charge is 2.21. The normalized spacial score (nSPS) is 10.3. The summed E-state index contributed by atoms with van der Waals surface area (Å²) in [5.41, 5.74) is 6.52. The molecule has 0 aliphatic carbocycles. The molecule has 0 radical (unpaired) electrons. The fourth-order valence-corrected chi connectivity index (χ4v) is 2.39. The number of nitrogens with zero attached hydrogens (tertiary/aromatic N) is 2. The SMILES string of the molecule is COc1cc(OC)c(Cl)c(-c2ncc(C=N)c(N)n2)c1Cl. The maximum Gasteiger partial charge on any atom is 0.164 e. The van der Waals surface area contributed by atoms with E-state index >= 15 is 0 Å². The van der Waals surface area contributed by atoms with Crippen LogP contribution in [0.4, 0.5) is 5.82 Å². The van der Waals surface area contributed by atoms with Crippen LogP contribution in [0.5, 0.6) is 11.5 Å². The van der Waals surface area contributed by atoms with Crippen LogP contribution in [0.15, 0.2) is 12.3 Å². The third kappa shape index (κ3) is 2.72. The van der Waals surface area contributed by atoms with Gasteiger partial charge in [-0.2, -0.15) is 0 Å². The Morgan fingerprint density at radius 2 is 1.76 bits per heavy atom. The molecule has 0 spiro atoms. The molecule has 3 N–H and O–H groups in total. The van der Waals surface area contributed by atoms with E-state index in [0.29, 0.717) is 22.6 Å². The van der Waals surface area contributed by atoms with Crippen LogP contribution in [-0.2, 0) is 0 Å². The average molecular weight is 327 g/mol. The molecule has 0 fully saturated rings. The quantitative estimate of drug-likeness (QED) is 0.842. The number of halogens is 2. The van der Waals surface area contributed by atoms with Gasteiger partial charge in [0.1, 0.15) is 17.3 Å². The van der Waals surface area contributed by atoms with Crippen LogP contribution in [-0.4, -0.2) is 30.4 Å². The van der Waals surface area contributed by atoms with Gasteiger partial charge in [-0.1, -0.05) is 23.2 Å². The number of nitrogens with one attached hydrogen (secondary N) is 1. The van der Waals surface area contributed by atoms with E-state index in [1.165, 1.54) is 20.4 Å². The van der Waals surface area contributed by atoms with Crippen LogP contribution in [0, 0.1) is 5.41 Å². The zero-order valence-corrected chi connectivity index (χ0v) is 12.8. The van der Waals surface area contributed by atoms with Crippen LogP contribution < -0.4 is 15.2 Å². The summed E-state index contributed by atoms with van der Waals surface area (Å²) in [4.78, 5) is 8.25. The molecule has 0 aliphatic rings. The van der Waals surface area contributed by atoms with E-state index in [2.05, 4.69) is 9.97 Å². The Balaban J connectivity index is 2.73. The predicted octanol–water partition coefficient (Wildman–Crippen LogP) is 3.05. The van der Waals surface area contributed by atoms with Gasteiger partial charge in [-0.05, 0) is 0 Å². The summed E-state index contributed by atoms with van der Waals surface area (Å²) in [5.74, 6) is 1.15. The Bertz CT molecular complexity index is 679. The number of rotatable bonds is 4. The van der Waals surface area contributed by atoms with Crippen molar-refractivity contribution in [2.24, 2.45) is 0 Å². The molecule has 6 nitrogen and oxygen atoms in total. The second-order valence-electron chi connectivity index (χ2n) is 3.96. The Morgan fingerprint density at radius 3 is 2.19 bits per heavy atom. The summed E-state index contributed by atoms with van der Waals surface area (Å²) >= 11 is 12.5. The summed E-state index contributed by atoms with van der Waals surface area (Å²) in [7, 11) is 2.96. The van der Waals surface area contributed by atoms with Crippen LogP contribution in [0.25, 0.3) is 11.4 Å². The fraction of sp³-hybridized carbons (Fsp3) is 0.154. The molecule has 1 heterocycles. The first-order valence-electron chi connectivity index (χ1n) is 5.76. The van der Waals surface area contributed by atoms with Crippen molar-refractivity contribution in [3.8, 4) is 22.9 Å². The highest BCUT2D eigenvalue weighted by molar-refractivity contribution is 6.40. The molecule has 110 valence electrons. The van der Waals surface area contributed by atoms with Crippen molar-refractivity contribution in [2.45, 2.75) is 0 Å². The van der Waals surface area contributed by atoms with Gasteiger partial charge < -0.3 is 20.6 Å². The van der Waals surface area contributed by atoms with Crippen molar-refractivity contribution >= 4 is 35.2 Å². The average Bonchev–Trinajstić information content (AvgIpc) is 2.48. The number of hydrogen-bond acceptors (Lipinski definition) is 6. The number of methoxy groups -OCH3 is 2. The lowest BCUT2D eigenvalue weighted by Gasteiger charge is -2.14. The van der Waals surface area contributed by atoms with Crippen LogP contribution in [0.3, 0.4) is 0 Å². The van der Waals surface area contributed by atoms with Gasteiger partial charge in [0.05, 0.1) is 35.4 Å². The predicted molar refractivity (Wildman–Crippen MR) is 82.9 cm³/mol. The monoisotopic (exact) mass is 326 g/mol. The molecule has 2 rings (SSSR count). The number of hydrogen-bond donors (Lipinski definition) is 2. The first-order chi connectivity index (χ1) is 10.0. The first-order valence-corrected chi connectivity index (χ1v) is 6.52.